The van der Waals surface area contributed by atoms with Gasteiger partial charge in [0, 0.05) is 0 Å². The molecule has 0 amide bonds. The van der Waals surface area contributed by atoms with Crippen LogP contribution in [0.15, 0.2) is 0 Å². The van der Waals surface area contributed by atoms with Crippen molar-refractivity contribution in [3.05, 3.63) is 0 Å². The predicted octanol–water partition coefficient (Wildman–Crippen LogP) is 2.67. The summed E-state index contributed by atoms with van der Waals surface area (Å²) in [4.78, 5) is 0. The summed E-state index contributed by atoms with van der Waals surface area (Å²) < 4.78 is 0. The molecule has 1 radical (unpaired) electrons. The molecular weight excluding hydrogens is 224 g/mol. The van der Waals surface area contributed by atoms with Crippen molar-refractivity contribution in [1.29, 1.82) is 0 Å². The molecule has 0 aliphatic rings. The Bertz CT molecular complexity index is 29.8. The summed E-state index contributed by atoms with van der Waals surface area (Å²) in [5.41, 5.74) is 0.787. The van der Waals surface area contributed by atoms with Crippen molar-refractivity contribution in [2.24, 2.45) is 0 Å². The van der Waals surface area contributed by atoms with Gasteiger partial charge in [0.1, 0.15) is 0 Å². The maximum Gasteiger partial charge on any atom is 0.218 e. The molecule has 0 nitrogen and oxygen atoms in total. The molecule has 0 atom stereocenters. The molecule has 0 aromatic rings. The minimum absolute atomic E-state index is 0.327. The van der Waals surface area contributed by atoms with Gasteiger partial charge in [-0.3, -0.25) is 0 Å². The number of hydrogen-bond acceptors (Lipinski definition) is 0. The van der Waals surface area contributed by atoms with Crippen LogP contribution in [0.4, 0.5) is 0 Å². The van der Waals surface area contributed by atoms with Gasteiger partial charge in [-0.2, -0.15) is 0 Å². The topological polar surface area (TPSA) is 0 Å². The normalized spacial score (nSPS) is 11.0. The van der Waals surface area contributed by atoms with Gasteiger partial charge in [0.2, 0.25) is 6.04 Å². The highest BCUT2D eigenvalue weighted by atomic mass is 79.9. The third-order valence-electron chi connectivity index (χ3n) is 0.436. The highest BCUT2D eigenvalue weighted by molar-refractivity contribution is 9.49. The van der Waals surface area contributed by atoms with E-state index in [-0.39, 0.29) is 6.04 Å². The summed E-state index contributed by atoms with van der Waals surface area (Å²) in [6.07, 6.45) is 0. The van der Waals surface area contributed by atoms with E-state index in [9.17, 15) is 0 Å². The zero-order valence-electron chi connectivity index (χ0n) is 3.83. The van der Waals surface area contributed by atoms with E-state index in [1.807, 2.05) is 0 Å². The molecule has 6 heavy (non-hydrogen) atoms. The predicted molar refractivity (Wildman–Crippen MR) is 38.7 cm³/mol. The molecule has 0 unspecified atom stereocenters. The smallest absolute Gasteiger partial charge is 0.112 e. The van der Waals surface area contributed by atoms with Crippen LogP contribution in [-0.2, 0) is 0 Å². The van der Waals surface area contributed by atoms with E-state index in [1.54, 1.807) is 0 Å². The van der Waals surface area contributed by atoms with Crippen molar-refractivity contribution in [2.45, 2.75) is 19.4 Å². The van der Waals surface area contributed by atoms with E-state index in [4.69, 9.17) is 0 Å². The average Bonchev–Trinajstić information content (AvgIpc) is 1.36. The average molecular weight is 231 g/mol. The van der Waals surface area contributed by atoms with Crippen molar-refractivity contribution < 1.29 is 0 Å². The minimum atomic E-state index is -0.327. The quantitative estimate of drug-likeness (QED) is 0.480. The largest absolute Gasteiger partial charge is 0.218 e. The number of rotatable bonds is 1. The lowest BCUT2D eigenvalue weighted by Gasteiger charge is -1.97. The molecule has 0 N–H and O–H groups in total. The summed E-state index contributed by atoms with van der Waals surface area (Å²) in [6, 6.07) is -0.327. The lowest BCUT2D eigenvalue weighted by Crippen LogP contribution is -1.94. The molecule has 0 aromatic carbocycles. The molecule has 37 valence electrons. The van der Waals surface area contributed by atoms with Crippen molar-refractivity contribution in [3.8, 4) is 0 Å². The van der Waals surface area contributed by atoms with Gasteiger partial charge in [-0.05, 0) is 5.54 Å². The Kier molecular flexibility index (Phi) is 3.84. The van der Waals surface area contributed by atoms with Crippen LogP contribution in [0.1, 0.15) is 13.8 Å². The Hall–Kier alpha value is 1.18. The van der Waals surface area contributed by atoms with E-state index < -0.39 is 0 Å². The molecule has 0 saturated heterocycles. The Morgan fingerprint density at radius 1 is 1.33 bits per heavy atom. The zero-order chi connectivity index (χ0) is 5.15. The van der Waals surface area contributed by atoms with Gasteiger partial charge in [-0.1, -0.05) is 13.8 Å². The highest BCUT2D eigenvalue weighted by Crippen LogP contribution is 2.17. The van der Waals surface area contributed by atoms with Crippen LogP contribution in [0, 0.1) is 0 Å². The first-order chi connectivity index (χ1) is 2.64. The minimum Gasteiger partial charge on any atom is -0.112 e. The Morgan fingerprint density at radius 3 is 1.50 bits per heavy atom. The van der Waals surface area contributed by atoms with Gasteiger partial charge >= 0.3 is 0 Å². The van der Waals surface area contributed by atoms with Crippen LogP contribution in [0.2, 0.25) is 5.54 Å². The molecule has 3 heteroatoms. The van der Waals surface area contributed by atoms with Gasteiger partial charge in [0.05, 0.1) is 0 Å². The Morgan fingerprint density at radius 2 is 1.50 bits per heavy atom. The van der Waals surface area contributed by atoms with Crippen LogP contribution in [0.3, 0.4) is 0 Å². The Labute approximate surface area is 56.1 Å². The van der Waals surface area contributed by atoms with Crippen molar-refractivity contribution >= 4 is 36.6 Å². The fourth-order valence-electron chi connectivity index (χ4n) is 0. The molecule has 0 aromatic heterocycles. The van der Waals surface area contributed by atoms with Gasteiger partial charge in [0.15, 0.2) is 0 Å². The number of hydrogen-bond donors (Lipinski definition) is 0. The van der Waals surface area contributed by atoms with Crippen LogP contribution in [0.5, 0.6) is 0 Å². The van der Waals surface area contributed by atoms with Crippen LogP contribution in [0.25, 0.3) is 0 Å². The first-order valence-corrected chi connectivity index (χ1v) is 7.91. The van der Waals surface area contributed by atoms with Crippen LogP contribution >= 0.6 is 30.6 Å². The molecular formula is C3H7Br2Si. The lowest BCUT2D eigenvalue weighted by molar-refractivity contribution is 1.07. The fraction of sp³-hybridized carbons (Fsp3) is 1.00. The summed E-state index contributed by atoms with van der Waals surface area (Å²) in [5.74, 6) is 0. The van der Waals surface area contributed by atoms with Crippen molar-refractivity contribution in [3.63, 3.8) is 0 Å². The summed E-state index contributed by atoms with van der Waals surface area (Å²) >= 11 is 6.91. The van der Waals surface area contributed by atoms with Crippen molar-refractivity contribution in [1.82, 2.24) is 0 Å². The third-order valence-corrected chi connectivity index (χ3v) is 6.80. The lowest BCUT2D eigenvalue weighted by atomic mass is 10.6. The second-order valence-electron chi connectivity index (χ2n) is 1.44. The fourth-order valence-corrected chi connectivity index (χ4v) is 0. The third kappa shape index (κ3) is 3.37. The van der Waals surface area contributed by atoms with Gasteiger partial charge < -0.3 is 0 Å². The molecule has 0 saturated carbocycles. The van der Waals surface area contributed by atoms with Crippen LogP contribution in [-0.4, -0.2) is 6.04 Å². The maximum atomic E-state index is 3.46. The molecule has 0 aliphatic heterocycles. The molecule has 0 spiro atoms. The zero-order valence-corrected chi connectivity index (χ0v) is 8.01. The first kappa shape index (κ1) is 7.18. The van der Waals surface area contributed by atoms with Gasteiger partial charge in [0.25, 0.3) is 0 Å². The van der Waals surface area contributed by atoms with Crippen molar-refractivity contribution in [2.75, 3.05) is 0 Å². The van der Waals surface area contributed by atoms with E-state index in [0.29, 0.717) is 0 Å². The SMILES string of the molecule is CC(C)[Si](Br)Br. The Balaban J connectivity index is 2.99. The second-order valence-corrected chi connectivity index (χ2v) is 11.5. The molecule has 0 fully saturated rings. The van der Waals surface area contributed by atoms with Gasteiger partial charge in [-0.15, -0.1) is 30.6 Å². The van der Waals surface area contributed by atoms with E-state index >= 15 is 0 Å². The van der Waals surface area contributed by atoms with E-state index in [2.05, 4.69) is 44.4 Å². The van der Waals surface area contributed by atoms with E-state index in [0.717, 1.165) is 5.54 Å². The monoisotopic (exact) mass is 229 g/mol. The number of halogens is 2. The molecule has 0 rings (SSSR count). The standard InChI is InChI=1S/C3H7Br2Si/c1-3(2)6(4)5/h3H,1-2H3. The highest BCUT2D eigenvalue weighted by Gasteiger charge is 2.04. The molecule has 0 aliphatic carbocycles. The first-order valence-electron chi connectivity index (χ1n) is 1.82. The molecule has 0 heterocycles. The van der Waals surface area contributed by atoms with E-state index in [1.165, 1.54) is 0 Å². The summed E-state index contributed by atoms with van der Waals surface area (Å²) in [7, 11) is 0. The summed E-state index contributed by atoms with van der Waals surface area (Å²) in [5, 5.41) is 0. The molecule has 0 bridgehead atoms. The summed E-state index contributed by atoms with van der Waals surface area (Å²) in [6.45, 7) is 4.38. The van der Waals surface area contributed by atoms with Gasteiger partial charge in [-0.25, -0.2) is 0 Å². The second kappa shape index (κ2) is 3.21. The van der Waals surface area contributed by atoms with Crippen LogP contribution < -0.4 is 0 Å². The maximum absolute atomic E-state index is 3.46.